The molecule has 0 unspecified atom stereocenters. The van der Waals surface area contributed by atoms with Crippen LogP contribution in [0.2, 0.25) is 0 Å². The van der Waals surface area contributed by atoms with Crippen LogP contribution in [0.1, 0.15) is 33.8 Å². The Morgan fingerprint density at radius 3 is 2.86 bits per heavy atom. The van der Waals surface area contributed by atoms with Gasteiger partial charge in [-0.25, -0.2) is 9.97 Å². The lowest BCUT2D eigenvalue weighted by molar-refractivity contribution is 0.0941. The molecule has 3 N–H and O–H groups in total. The van der Waals surface area contributed by atoms with E-state index in [1.165, 1.54) is 24.2 Å². The first kappa shape index (κ1) is 24.2. The number of ether oxygens (including phenoxy) is 3. The fraction of sp³-hybridized carbons (Fsp3) is 0.417. The number of aromatic nitrogens is 2. The summed E-state index contributed by atoms with van der Waals surface area (Å²) >= 11 is 1.24. The second-order valence-electron chi connectivity index (χ2n) is 8.40. The Hall–Kier alpha value is -3.48. The molecule has 1 amide bonds. The van der Waals surface area contributed by atoms with Gasteiger partial charge >= 0.3 is 0 Å². The van der Waals surface area contributed by atoms with Gasteiger partial charge < -0.3 is 30.1 Å². The molecular weight excluding hydrogens is 484 g/mol. The normalized spacial score (nSPS) is 15.5. The van der Waals surface area contributed by atoms with Crippen molar-refractivity contribution in [2.24, 2.45) is 5.16 Å². The molecule has 0 aliphatic carbocycles. The first-order valence-electron chi connectivity index (χ1n) is 11.8. The molecule has 190 valence electrons. The Morgan fingerprint density at radius 2 is 2.03 bits per heavy atom. The van der Waals surface area contributed by atoms with Gasteiger partial charge in [-0.2, -0.15) is 0 Å². The fourth-order valence-corrected chi connectivity index (χ4v) is 5.10. The highest BCUT2D eigenvalue weighted by atomic mass is 32.1. The van der Waals surface area contributed by atoms with Crippen LogP contribution in [0.25, 0.3) is 10.2 Å². The van der Waals surface area contributed by atoms with E-state index in [0.29, 0.717) is 57.8 Å². The second kappa shape index (κ2) is 11.1. The number of rotatable bonds is 10. The van der Waals surface area contributed by atoms with E-state index in [2.05, 4.69) is 25.3 Å². The molecule has 2 aliphatic rings. The van der Waals surface area contributed by atoms with Gasteiger partial charge in [0.2, 0.25) is 12.7 Å². The quantitative estimate of drug-likeness (QED) is 0.238. The summed E-state index contributed by atoms with van der Waals surface area (Å²) in [6.45, 7) is 4.38. The lowest BCUT2D eigenvalue weighted by atomic mass is 10.0. The molecule has 2 aliphatic heterocycles. The number of fused-ring (bicyclic) bond motifs is 2. The summed E-state index contributed by atoms with van der Waals surface area (Å²) in [5.74, 6) is 1.13. The minimum atomic E-state index is -0.219. The van der Waals surface area contributed by atoms with Crippen molar-refractivity contribution < 1.29 is 23.8 Å². The van der Waals surface area contributed by atoms with Crippen LogP contribution in [0.5, 0.6) is 11.5 Å². The van der Waals surface area contributed by atoms with E-state index >= 15 is 0 Å². The number of benzene rings is 1. The number of hydrogen-bond donors (Lipinski definition) is 2. The maximum atomic E-state index is 12.7. The van der Waals surface area contributed by atoms with Gasteiger partial charge in [-0.15, -0.1) is 11.3 Å². The standard InChI is InChI=1S/C24H28N6O5S/c1-32-10-6-26-22(31)19-13-16-21(27-24(25)28-23(16)36-19)20(29-35-11-9-30-7-2-3-8-30)15-4-5-17-18(12-15)34-14-33-17/h4-5,12-13H,2-3,6-11,14H2,1H3,(H,26,31)(H2,25,27,28). The van der Waals surface area contributed by atoms with Gasteiger partial charge in [0.15, 0.2) is 11.5 Å². The van der Waals surface area contributed by atoms with Crippen molar-refractivity contribution in [1.82, 2.24) is 20.2 Å². The number of carbonyl (C=O) groups excluding carboxylic acids is 1. The lowest BCUT2D eigenvalue weighted by Crippen LogP contribution is -2.26. The molecule has 11 nitrogen and oxygen atoms in total. The third kappa shape index (κ3) is 5.35. The number of carbonyl (C=O) groups is 1. The molecule has 12 heteroatoms. The van der Waals surface area contributed by atoms with Gasteiger partial charge in [-0.3, -0.25) is 9.69 Å². The molecular formula is C24H28N6O5S. The maximum absolute atomic E-state index is 12.7. The SMILES string of the molecule is COCCNC(=O)c1cc2c(C(=NOCCN3CCCC3)c3ccc4c(c3)OCO4)nc(N)nc2s1. The summed E-state index contributed by atoms with van der Waals surface area (Å²) in [7, 11) is 1.58. The molecule has 36 heavy (non-hydrogen) atoms. The highest BCUT2D eigenvalue weighted by Gasteiger charge is 2.23. The third-order valence-electron chi connectivity index (χ3n) is 5.95. The zero-order valence-corrected chi connectivity index (χ0v) is 20.8. The first-order chi connectivity index (χ1) is 17.6. The van der Waals surface area contributed by atoms with E-state index in [1.54, 1.807) is 13.2 Å². The van der Waals surface area contributed by atoms with E-state index in [-0.39, 0.29) is 18.6 Å². The zero-order chi connectivity index (χ0) is 24.9. The number of likely N-dealkylation sites (tertiary alicyclic amines) is 1. The van der Waals surface area contributed by atoms with Gasteiger partial charge in [-0.1, -0.05) is 5.16 Å². The number of amides is 1. The molecule has 0 saturated carbocycles. The molecule has 0 atom stereocenters. The average molecular weight is 513 g/mol. The van der Waals surface area contributed by atoms with Crippen LogP contribution in [0.15, 0.2) is 29.4 Å². The number of nitrogen functional groups attached to an aromatic ring is 1. The molecule has 0 bridgehead atoms. The Morgan fingerprint density at radius 1 is 1.19 bits per heavy atom. The van der Waals surface area contributed by atoms with E-state index in [0.717, 1.165) is 25.2 Å². The van der Waals surface area contributed by atoms with Crippen LogP contribution in [-0.2, 0) is 9.57 Å². The number of methoxy groups -OCH3 is 1. The van der Waals surface area contributed by atoms with E-state index in [9.17, 15) is 4.79 Å². The maximum Gasteiger partial charge on any atom is 0.261 e. The van der Waals surface area contributed by atoms with Gasteiger partial charge in [0.05, 0.1) is 11.5 Å². The molecule has 0 radical (unpaired) electrons. The van der Waals surface area contributed by atoms with Gasteiger partial charge in [0, 0.05) is 31.1 Å². The molecule has 0 spiro atoms. The Kier molecular flexibility index (Phi) is 7.44. The fourth-order valence-electron chi connectivity index (χ4n) is 4.15. The van der Waals surface area contributed by atoms with Crippen LogP contribution in [0, 0.1) is 0 Å². The third-order valence-corrected chi connectivity index (χ3v) is 6.98. The predicted octanol–water partition coefficient (Wildman–Crippen LogP) is 2.24. The first-order valence-corrected chi connectivity index (χ1v) is 12.6. The summed E-state index contributed by atoms with van der Waals surface area (Å²) in [6, 6.07) is 7.27. The summed E-state index contributed by atoms with van der Waals surface area (Å²) in [6.07, 6.45) is 2.42. The van der Waals surface area contributed by atoms with Crippen molar-refractivity contribution in [3.05, 3.63) is 40.4 Å². The van der Waals surface area contributed by atoms with E-state index in [4.69, 9.17) is 24.8 Å². The molecule has 1 saturated heterocycles. The summed E-state index contributed by atoms with van der Waals surface area (Å²) in [5, 5.41) is 7.98. The van der Waals surface area contributed by atoms with Crippen LogP contribution in [-0.4, -0.2) is 79.8 Å². The van der Waals surface area contributed by atoms with Crippen LogP contribution < -0.4 is 20.5 Å². The lowest BCUT2D eigenvalue weighted by Gasteiger charge is -2.14. The van der Waals surface area contributed by atoms with Crippen molar-refractivity contribution >= 4 is 39.1 Å². The number of nitrogens with one attached hydrogen (secondary N) is 1. The van der Waals surface area contributed by atoms with Crippen molar-refractivity contribution in [2.75, 3.05) is 59.0 Å². The molecule has 3 aromatic rings. The highest BCUT2D eigenvalue weighted by Crippen LogP contribution is 2.34. The predicted molar refractivity (Wildman–Crippen MR) is 136 cm³/mol. The number of anilines is 1. The number of nitrogens with two attached hydrogens (primary N) is 1. The highest BCUT2D eigenvalue weighted by molar-refractivity contribution is 7.20. The molecule has 2 aromatic heterocycles. The molecule has 1 fully saturated rings. The van der Waals surface area contributed by atoms with Crippen molar-refractivity contribution in [3.63, 3.8) is 0 Å². The van der Waals surface area contributed by atoms with Crippen LogP contribution in [0.4, 0.5) is 5.95 Å². The Bertz CT molecular complexity index is 1270. The van der Waals surface area contributed by atoms with Gasteiger partial charge in [-0.05, 0) is 50.2 Å². The summed E-state index contributed by atoms with van der Waals surface area (Å²) in [4.78, 5) is 30.7. The number of nitrogens with zero attached hydrogens (tertiary/aromatic N) is 4. The smallest absolute Gasteiger partial charge is 0.261 e. The minimum Gasteiger partial charge on any atom is -0.454 e. The Balaban J connectivity index is 1.49. The molecule has 4 heterocycles. The van der Waals surface area contributed by atoms with Crippen molar-refractivity contribution in [3.8, 4) is 11.5 Å². The van der Waals surface area contributed by atoms with Gasteiger partial charge in [0.1, 0.15) is 22.8 Å². The topological polar surface area (TPSA) is 133 Å². The number of oxime groups is 1. The number of hydrogen-bond acceptors (Lipinski definition) is 11. The van der Waals surface area contributed by atoms with Gasteiger partial charge in [0.25, 0.3) is 5.91 Å². The summed E-state index contributed by atoms with van der Waals surface area (Å²) < 4.78 is 16.0. The van der Waals surface area contributed by atoms with Crippen LogP contribution in [0.3, 0.4) is 0 Å². The van der Waals surface area contributed by atoms with Crippen molar-refractivity contribution in [2.45, 2.75) is 12.8 Å². The van der Waals surface area contributed by atoms with Crippen molar-refractivity contribution in [1.29, 1.82) is 0 Å². The minimum absolute atomic E-state index is 0.0798. The second-order valence-corrected chi connectivity index (χ2v) is 9.43. The zero-order valence-electron chi connectivity index (χ0n) is 20.0. The van der Waals surface area contributed by atoms with E-state index < -0.39 is 0 Å². The Labute approximate surface area is 212 Å². The largest absolute Gasteiger partial charge is 0.454 e. The van der Waals surface area contributed by atoms with E-state index in [1.807, 2.05) is 18.2 Å². The average Bonchev–Trinajstić information content (AvgIpc) is 3.64. The molecule has 1 aromatic carbocycles. The van der Waals surface area contributed by atoms with Crippen LogP contribution >= 0.6 is 11.3 Å². The summed E-state index contributed by atoms with van der Waals surface area (Å²) in [5.41, 5.74) is 7.74. The monoisotopic (exact) mass is 512 g/mol. The molecule has 5 rings (SSSR count). The number of thiophene rings is 1.